The molecule has 0 amide bonds. The Morgan fingerprint density at radius 3 is 2.88 bits per heavy atom. The van der Waals surface area contributed by atoms with Crippen molar-refractivity contribution in [3.05, 3.63) is 32.6 Å². The Kier molecular flexibility index (Phi) is 5.43. The fourth-order valence-corrected chi connectivity index (χ4v) is 1.41. The predicted octanol–water partition coefficient (Wildman–Crippen LogP) is 0.978. The van der Waals surface area contributed by atoms with Gasteiger partial charge < -0.3 is 4.74 Å². The molecule has 0 aliphatic carbocycles. The molecule has 1 atom stereocenters. The lowest BCUT2D eigenvalue weighted by Gasteiger charge is -2.09. The Morgan fingerprint density at radius 2 is 2.25 bits per heavy atom. The quantitative estimate of drug-likeness (QED) is 0.801. The smallest absolute Gasteiger partial charge is 0.330 e. The molecule has 1 heterocycles. The number of aromatic nitrogens is 2. The summed E-state index contributed by atoms with van der Waals surface area (Å²) < 4.78 is 6.64. The van der Waals surface area contributed by atoms with Crippen molar-refractivity contribution in [2.24, 2.45) is 0 Å². The largest absolute Gasteiger partial charge is 0.359 e. The molecular weight excluding hydrogens is 344 g/mol. The number of aryl methyl sites for hydroxylation is 1. The first-order valence-electron chi connectivity index (χ1n) is 4.62. The number of rotatable bonds is 5. The van der Waals surface area contributed by atoms with Gasteiger partial charge in [0.05, 0.1) is 6.61 Å². The lowest BCUT2D eigenvalue weighted by atomic mass is 10.4. The zero-order valence-electron chi connectivity index (χ0n) is 8.70. The van der Waals surface area contributed by atoms with E-state index in [0.29, 0.717) is 12.2 Å². The minimum atomic E-state index is -0.458. The van der Waals surface area contributed by atoms with Crippen molar-refractivity contribution in [2.75, 3.05) is 11.9 Å². The van der Waals surface area contributed by atoms with Gasteiger partial charge in [-0.3, -0.25) is 14.3 Å². The number of halogens is 2. The fraction of sp³-hybridized carbons (Fsp3) is 0.556. The summed E-state index contributed by atoms with van der Waals surface area (Å²) in [5.41, 5.74) is -0.334. The SMILES string of the molecule is Cc1cn(COC[C@@H](Br)CBr)c(=O)[nH]c1=O. The summed E-state index contributed by atoms with van der Waals surface area (Å²) in [5, 5.41) is 0.770. The van der Waals surface area contributed by atoms with Crippen LogP contribution in [0.1, 0.15) is 5.56 Å². The van der Waals surface area contributed by atoms with Gasteiger partial charge in [0, 0.05) is 21.9 Å². The summed E-state index contributed by atoms with van der Waals surface area (Å²) in [5.74, 6) is 0. The summed E-state index contributed by atoms with van der Waals surface area (Å²) in [6, 6.07) is 0. The minimum absolute atomic E-state index is 0.131. The summed E-state index contributed by atoms with van der Waals surface area (Å²) in [7, 11) is 0. The molecule has 1 rings (SSSR count). The van der Waals surface area contributed by atoms with Gasteiger partial charge in [-0.15, -0.1) is 0 Å². The molecule has 7 heteroatoms. The maximum atomic E-state index is 11.3. The van der Waals surface area contributed by atoms with E-state index >= 15 is 0 Å². The number of alkyl halides is 2. The van der Waals surface area contributed by atoms with Gasteiger partial charge in [-0.05, 0) is 6.92 Å². The molecule has 1 N–H and O–H groups in total. The zero-order valence-corrected chi connectivity index (χ0v) is 11.9. The first-order valence-corrected chi connectivity index (χ1v) is 6.66. The van der Waals surface area contributed by atoms with Gasteiger partial charge in [0.2, 0.25) is 0 Å². The second-order valence-corrected chi connectivity index (χ2v) is 5.24. The molecule has 0 spiro atoms. The second kappa shape index (κ2) is 6.36. The third-order valence-corrected chi connectivity index (χ3v) is 4.12. The molecule has 0 aliphatic heterocycles. The summed E-state index contributed by atoms with van der Waals surface area (Å²) in [6.07, 6.45) is 1.48. The van der Waals surface area contributed by atoms with Crippen molar-refractivity contribution in [3.8, 4) is 0 Å². The van der Waals surface area contributed by atoms with E-state index < -0.39 is 5.69 Å². The molecule has 16 heavy (non-hydrogen) atoms. The van der Waals surface area contributed by atoms with E-state index in [-0.39, 0.29) is 17.1 Å². The van der Waals surface area contributed by atoms with Gasteiger partial charge in [0.25, 0.3) is 5.56 Å². The first kappa shape index (κ1) is 13.7. The monoisotopic (exact) mass is 354 g/mol. The van der Waals surface area contributed by atoms with Crippen molar-refractivity contribution in [1.82, 2.24) is 9.55 Å². The lowest BCUT2D eigenvalue weighted by Crippen LogP contribution is -2.31. The zero-order chi connectivity index (χ0) is 12.1. The van der Waals surface area contributed by atoms with Crippen molar-refractivity contribution in [1.29, 1.82) is 0 Å². The summed E-state index contributed by atoms with van der Waals surface area (Å²) >= 11 is 6.67. The average Bonchev–Trinajstić information content (AvgIpc) is 2.25. The molecule has 5 nitrogen and oxygen atoms in total. The Balaban J connectivity index is 2.65. The summed E-state index contributed by atoms with van der Waals surface area (Å²) in [4.78, 5) is 24.9. The van der Waals surface area contributed by atoms with Crippen LogP contribution in [-0.2, 0) is 11.5 Å². The standard InChI is InChI=1S/C9H12Br2N2O3/c1-6-3-13(9(15)12-8(6)14)5-16-4-7(11)2-10/h3,7H,2,4-5H2,1H3,(H,12,14,15)/t7-/m0/s1. The van der Waals surface area contributed by atoms with Crippen molar-refractivity contribution < 1.29 is 4.74 Å². The second-order valence-electron chi connectivity index (χ2n) is 3.29. The number of ether oxygens (including phenoxy) is 1. The van der Waals surface area contributed by atoms with E-state index in [9.17, 15) is 9.59 Å². The Bertz CT molecular complexity index is 455. The van der Waals surface area contributed by atoms with Crippen LogP contribution in [0.4, 0.5) is 0 Å². The Labute approximate surface area is 109 Å². The van der Waals surface area contributed by atoms with Crippen LogP contribution in [0.5, 0.6) is 0 Å². The van der Waals surface area contributed by atoms with Gasteiger partial charge in [0.15, 0.2) is 0 Å². The maximum Gasteiger partial charge on any atom is 0.330 e. The molecule has 0 bridgehead atoms. The molecule has 90 valence electrons. The van der Waals surface area contributed by atoms with Crippen molar-refractivity contribution in [3.63, 3.8) is 0 Å². The highest BCUT2D eigenvalue weighted by Gasteiger charge is 2.03. The molecule has 0 fully saturated rings. The van der Waals surface area contributed by atoms with Crippen LogP contribution in [0.15, 0.2) is 15.8 Å². The van der Waals surface area contributed by atoms with Gasteiger partial charge in [-0.1, -0.05) is 31.9 Å². The number of H-pyrrole nitrogens is 1. The Morgan fingerprint density at radius 1 is 1.56 bits per heavy atom. The van der Waals surface area contributed by atoms with Crippen LogP contribution >= 0.6 is 31.9 Å². The molecule has 0 unspecified atom stereocenters. The highest BCUT2D eigenvalue weighted by atomic mass is 79.9. The molecule has 0 aliphatic rings. The highest BCUT2D eigenvalue weighted by Crippen LogP contribution is 2.03. The van der Waals surface area contributed by atoms with E-state index in [1.54, 1.807) is 6.92 Å². The number of aromatic amines is 1. The van der Waals surface area contributed by atoms with Crippen LogP contribution in [0.2, 0.25) is 0 Å². The molecule has 1 aromatic heterocycles. The number of nitrogens with one attached hydrogen (secondary N) is 1. The molecule has 0 saturated heterocycles. The number of nitrogens with zero attached hydrogens (tertiary/aromatic N) is 1. The van der Waals surface area contributed by atoms with Gasteiger partial charge in [-0.2, -0.15) is 0 Å². The summed E-state index contributed by atoms with van der Waals surface area (Å²) in [6.45, 7) is 2.25. The number of hydrogen-bond acceptors (Lipinski definition) is 3. The lowest BCUT2D eigenvalue weighted by molar-refractivity contribution is 0.0778. The molecular formula is C9H12Br2N2O3. The van der Waals surface area contributed by atoms with Crippen LogP contribution in [0.3, 0.4) is 0 Å². The van der Waals surface area contributed by atoms with Gasteiger partial charge >= 0.3 is 5.69 Å². The van der Waals surface area contributed by atoms with E-state index in [1.165, 1.54) is 10.8 Å². The van der Waals surface area contributed by atoms with E-state index in [1.807, 2.05) is 0 Å². The third kappa shape index (κ3) is 3.88. The molecule has 0 saturated carbocycles. The molecule has 0 radical (unpaired) electrons. The van der Waals surface area contributed by atoms with E-state index in [4.69, 9.17) is 4.74 Å². The van der Waals surface area contributed by atoms with Crippen LogP contribution in [-0.4, -0.2) is 26.3 Å². The van der Waals surface area contributed by atoms with Gasteiger partial charge in [-0.25, -0.2) is 4.79 Å². The highest BCUT2D eigenvalue weighted by molar-refractivity contribution is 9.12. The number of hydrogen-bond donors (Lipinski definition) is 1. The topological polar surface area (TPSA) is 64.1 Å². The first-order chi connectivity index (χ1) is 7.54. The fourth-order valence-electron chi connectivity index (χ4n) is 1.04. The minimum Gasteiger partial charge on any atom is -0.359 e. The van der Waals surface area contributed by atoms with E-state index in [0.717, 1.165) is 5.33 Å². The van der Waals surface area contributed by atoms with E-state index in [2.05, 4.69) is 36.8 Å². The van der Waals surface area contributed by atoms with Crippen LogP contribution in [0.25, 0.3) is 0 Å². The predicted molar refractivity (Wildman–Crippen MR) is 68.5 cm³/mol. The van der Waals surface area contributed by atoms with Gasteiger partial charge in [0.1, 0.15) is 6.73 Å². The average molecular weight is 356 g/mol. The molecule has 0 aromatic carbocycles. The molecule has 1 aromatic rings. The third-order valence-electron chi connectivity index (χ3n) is 1.89. The van der Waals surface area contributed by atoms with Crippen LogP contribution in [0, 0.1) is 6.92 Å². The van der Waals surface area contributed by atoms with Crippen molar-refractivity contribution in [2.45, 2.75) is 18.5 Å². The normalized spacial score (nSPS) is 12.7. The van der Waals surface area contributed by atoms with Crippen molar-refractivity contribution >= 4 is 31.9 Å². The Hall–Kier alpha value is -0.400. The van der Waals surface area contributed by atoms with Crippen LogP contribution < -0.4 is 11.2 Å². The maximum absolute atomic E-state index is 11.3.